The summed E-state index contributed by atoms with van der Waals surface area (Å²) in [5.74, 6) is -0.248. The quantitative estimate of drug-likeness (QED) is 0.919. The van der Waals surface area contributed by atoms with Gasteiger partial charge < -0.3 is 10.6 Å². The zero-order chi connectivity index (χ0) is 14.8. The van der Waals surface area contributed by atoms with E-state index in [0.717, 1.165) is 19.4 Å². The van der Waals surface area contributed by atoms with Gasteiger partial charge in [-0.15, -0.1) is 0 Å². The summed E-state index contributed by atoms with van der Waals surface area (Å²) in [5.41, 5.74) is 6.30. The standard InChI is InChI=1S/C17H24F2N2/c18-14-10-12(7-8-20)11-15(19)17(14)21-9-3-6-16(21)13-4-1-2-5-13/h10-11,13,16H,1-9,20H2. The third-order valence-corrected chi connectivity index (χ3v) is 5.04. The van der Waals surface area contributed by atoms with E-state index >= 15 is 0 Å². The summed E-state index contributed by atoms with van der Waals surface area (Å²) >= 11 is 0. The van der Waals surface area contributed by atoms with Crippen LogP contribution in [0.3, 0.4) is 0 Å². The highest BCUT2D eigenvalue weighted by molar-refractivity contribution is 5.52. The Labute approximate surface area is 125 Å². The van der Waals surface area contributed by atoms with Gasteiger partial charge in [0, 0.05) is 12.6 Å². The van der Waals surface area contributed by atoms with Crippen LogP contribution in [-0.4, -0.2) is 19.1 Å². The van der Waals surface area contributed by atoms with Gasteiger partial charge in [0.05, 0.1) is 0 Å². The summed E-state index contributed by atoms with van der Waals surface area (Å²) in [6, 6.07) is 3.22. The minimum Gasteiger partial charge on any atom is -0.364 e. The molecule has 0 bridgehead atoms. The molecule has 1 aromatic carbocycles. The van der Waals surface area contributed by atoms with E-state index in [0.29, 0.717) is 30.5 Å². The number of nitrogens with two attached hydrogens (primary N) is 1. The van der Waals surface area contributed by atoms with E-state index in [1.807, 2.05) is 4.90 Å². The molecule has 2 fully saturated rings. The fourth-order valence-electron chi connectivity index (χ4n) is 4.11. The predicted octanol–water partition coefficient (Wildman–Crippen LogP) is 3.63. The average molecular weight is 294 g/mol. The molecule has 4 heteroatoms. The molecule has 0 aromatic heterocycles. The highest BCUT2D eigenvalue weighted by Gasteiger charge is 2.35. The summed E-state index contributed by atoms with van der Waals surface area (Å²) in [6.07, 6.45) is 7.54. The summed E-state index contributed by atoms with van der Waals surface area (Å²) < 4.78 is 28.8. The van der Waals surface area contributed by atoms with Gasteiger partial charge in [-0.2, -0.15) is 0 Å². The molecule has 1 aliphatic carbocycles. The maximum atomic E-state index is 14.4. The van der Waals surface area contributed by atoms with Gasteiger partial charge in [0.25, 0.3) is 0 Å². The highest BCUT2D eigenvalue weighted by atomic mass is 19.1. The first kappa shape index (κ1) is 14.8. The van der Waals surface area contributed by atoms with Crippen LogP contribution in [0.2, 0.25) is 0 Å². The molecule has 1 aliphatic heterocycles. The van der Waals surface area contributed by atoms with Crippen LogP contribution in [0.5, 0.6) is 0 Å². The Morgan fingerprint density at radius 3 is 2.33 bits per heavy atom. The van der Waals surface area contributed by atoms with E-state index in [2.05, 4.69) is 0 Å². The van der Waals surface area contributed by atoms with Gasteiger partial charge in [-0.3, -0.25) is 0 Å². The Balaban J connectivity index is 1.88. The number of anilines is 1. The van der Waals surface area contributed by atoms with Gasteiger partial charge in [0.1, 0.15) is 17.3 Å². The van der Waals surface area contributed by atoms with Crippen molar-refractivity contribution in [2.45, 2.75) is 51.0 Å². The van der Waals surface area contributed by atoms with E-state index in [-0.39, 0.29) is 5.69 Å². The fourth-order valence-corrected chi connectivity index (χ4v) is 4.11. The number of halogens is 2. The number of hydrogen-bond donors (Lipinski definition) is 1. The molecule has 1 atom stereocenters. The van der Waals surface area contributed by atoms with Crippen LogP contribution in [0.25, 0.3) is 0 Å². The van der Waals surface area contributed by atoms with Crippen molar-refractivity contribution in [3.8, 4) is 0 Å². The Morgan fingerprint density at radius 1 is 1.05 bits per heavy atom. The first-order chi connectivity index (χ1) is 10.2. The Bertz CT molecular complexity index is 475. The first-order valence-electron chi connectivity index (χ1n) is 8.15. The van der Waals surface area contributed by atoms with Crippen molar-refractivity contribution in [1.82, 2.24) is 0 Å². The van der Waals surface area contributed by atoms with E-state index in [9.17, 15) is 8.78 Å². The first-order valence-corrected chi connectivity index (χ1v) is 8.15. The molecule has 3 rings (SSSR count). The fraction of sp³-hybridized carbons (Fsp3) is 0.647. The SMILES string of the molecule is NCCc1cc(F)c(N2CCCC2C2CCCC2)c(F)c1. The number of nitrogens with zero attached hydrogens (tertiary/aromatic N) is 1. The van der Waals surface area contributed by atoms with Crippen molar-refractivity contribution in [3.05, 3.63) is 29.3 Å². The second-order valence-electron chi connectivity index (χ2n) is 6.39. The third kappa shape index (κ3) is 2.91. The average Bonchev–Trinajstić information content (AvgIpc) is 3.08. The largest absolute Gasteiger partial charge is 0.364 e. The minimum absolute atomic E-state index is 0.185. The zero-order valence-corrected chi connectivity index (χ0v) is 12.5. The zero-order valence-electron chi connectivity index (χ0n) is 12.5. The van der Waals surface area contributed by atoms with Crippen molar-refractivity contribution in [2.75, 3.05) is 18.0 Å². The molecular weight excluding hydrogens is 270 g/mol. The molecule has 21 heavy (non-hydrogen) atoms. The molecule has 0 spiro atoms. The Kier molecular flexibility index (Phi) is 4.43. The second-order valence-corrected chi connectivity index (χ2v) is 6.39. The van der Waals surface area contributed by atoms with Gasteiger partial charge >= 0.3 is 0 Å². The second kappa shape index (κ2) is 6.30. The molecule has 1 unspecified atom stereocenters. The number of rotatable bonds is 4. The van der Waals surface area contributed by atoms with Gasteiger partial charge in [0.2, 0.25) is 0 Å². The molecular formula is C17H24F2N2. The molecule has 1 aromatic rings. The predicted molar refractivity (Wildman–Crippen MR) is 81.4 cm³/mol. The van der Waals surface area contributed by atoms with E-state index in [1.165, 1.54) is 37.8 Å². The van der Waals surface area contributed by atoms with Crippen LogP contribution in [0, 0.1) is 17.6 Å². The lowest BCUT2D eigenvalue weighted by atomic mass is 9.95. The van der Waals surface area contributed by atoms with E-state index < -0.39 is 11.6 Å². The van der Waals surface area contributed by atoms with Gasteiger partial charge in [-0.25, -0.2) is 8.78 Å². The van der Waals surface area contributed by atoms with E-state index in [1.54, 1.807) is 0 Å². The topological polar surface area (TPSA) is 29.3 Å². The van der Waals surface area contributed by atoms with Crippen LogP contribution in [-0.2, 0) is 6.42 Å². The van der Waals surface area contributed by atoms with Gasteiger partial charge in [-0.05, 0) is 62.3 Å². The van der Waals surface area contributed by atoms with Crippen LogP contribution in [0.15, 0.2) is 12.1 Å². The maximum Gasteiger partial charge on any atom is 0.149 e. The van der Waals surface area contributed by atoms with Gasteiger partial charge in [-0.1, -0.05) is 12.8 Å². The molecule has 0 amide bonds. The van der Waals surface area contributed by atoms with Crippen molar-refractivity contribution in [3.63, 3.8) is 0 Å². The molecule has 2 aliphatic rings. The van der Waals surface area contributed by atoms with Crippen molar-refractivity contribution in [1.29, 1.82) is 0 Å². The van der Waals surface area contributed by atoms with Crippen molar-refractivity contribution in [2.24, 2.45) is 11.7 Å². The highest BCUT2D eigenvalue weighted by Crippen LogP contribution is 2.39. The van der Waals surface area contributed by atoms with Crippen LogP contribution in [0.4, 0.5) is 14.5 Å². The van der Waals surface area contributed by atoms with Crippen LogP contribution >= 0.6 is 0 Å². The smallest absolute Gasteiger partial charge is 0.149 e. The van der Waals surface area contributed by atoms with Gasteiger partial charge in [0.15, 0.2) is 0 Å². The molecule has 2 nitrogen and oxygen atoms in total. The minimum atomic E-state index is -0.427. The summed E-state index contributed by atoms with van der Waals surface area (Å²) in [4.78, 5) is 1.99. The van der Waals surface area contributed by atoms with E-state index in [4.69, 9.17) is 5.73 Å². The maximum absolute atomic E-state index is 14.4. The molecule has 0 radical (unpaired) electrons. The third-order valence-electron chi connectivity index (χ3n) is 5.04. The number of hydrogen-bond acceptors (Lipinski definition) is 2. The normalized spacial score (nSPS) is 23.2. The molecule has 1 saturated carbocycles. The Morgan fingerprint density at radius 2 is 1.71 bits per heavy atom. The lowest BCUT2D eigenvalue weighted by Gasteiger charge is -2.32. The van der Waals surface area contributed by atoms with Crippen molar-refractivity contribution >= 4 is 5.69 Å². The molecule has 1 saturated heterocycles. The molecule has 2 N–H and O–H groups in total. The summed E-state index contributed by atoms with van der Waals surface area (Å²) in [7, 11) is 0. The lowest BCUT2D eigenvalue weighted by Crippen LogP contribution is -2.36. The summed E-state index contributed by atoms with van der Waals surface area (Å²) in [5, 5.41) is 0. The van der Waals surface area contributed by atoms with Crippen molar-refractivity contribution < 1.29 is 8.78 Å². The summed E-state index contributed by atoms with van der Waals surface area (Å²) in [6.45, 7) is 1.18. The Hall–Kier alpha value is -1.16. The van der Waals surface area contributed by atoms with Crippen LogP contribution < -0.4 is 10.6 Å². The lowest BCUT2D eigenvalue weighted by molar-refractivity contribution is 0.423. The monoisotopic (exact) mass is 294 g/mol. The number of benzene rings is 1. The molecule has 116 valence electrons. The molecule has 1 heterocycles. The van der Waals surface area contributed by atoms with Crippen LogP contribution in [0.1, 0.15) is 44.1 Å².